The van der Waals surface area contributed by atoms with E-state index in [0.717, 1.165) is 24.2 Å². The normalized spacial score (nSPS) is 16.3. The van der Waals surface area contributed by atoms with E-state index in [9.17, 15) is 4.79 Å². The molecule has 0 radical (unpaired) electrons. The Morgan fingerprint density at radius 1 is 1.21 bits per heavy atom. The van der Waals surface area contributed by atoms with Gasteiger partial charge in [-0.1, -0.05) is 49.3 Å². The van der Waals surface area contributed by atoms with Crippen LogP contribution in [0.1, 0.15) is 61.8 Å². The molecule has 9 nitrogen and oxygen atoms in total. The first-order chi connectivity index (χ1) is 14.1. The van der Waals surface area contributed by atoms with E-state index < -0.39 is 6.04 Å². The molecule has 2 aromatic heterocycles. The third kappa shape index (κ3) is 4.33. The van der Waals surface area contributed by atoms with Gasteiger partial charge >= 0.3 is 0 Å². The molecule has 1 aliphatic rings. The van der Waals surface area contributed by atoms with Crippen molar-refractivity contribution in [3.8, 4) is 0 Å². The minimum atomic E-state index is -0.458. The van der Waals surface area contributed by atoms with Crippen molar-refractivity contribution in [2.24, 2.45) is 0 Å². The fourth-order valence-corrected chi connectivity index (χ4v) is 3.65. The summed E-state index contributed by atoms with van der Waals surface area (Å²) in [5, 5.41) is 15.5. The van der Waals surface area contributed by atoms with Crippen molar-refractivity contribution in [3.05, 3.63) is 53.9 Å². The summed E-state index contributed by atoms with van der Waals surface area (Å²) in [6, 6.07) is 9.47. The molecule has 1 atom stereocenters. The second-order valence-electron chi connectivity index (χ2n) is 7.74. The summed E-state index contributed by atoms with van der Waals surface area (Å²) in [6.45, 7) is 5.39. The summed E-state index contributed by atoms with van der Waals surface area (Å²) in [6.07, 6.45) is 3.66. The number of hydrogen-bond donors (Lipinski definition) is 0. The van der Waals surface area contributed by atoms with Gasteiger partial charge in [0.2, 0.25) is 11.8 Å². The lowest BCUT2D eigenvalue weighted by molar-refractivity contribution is -0.136. The topological polar surface area (TPSA) is 103 Å². The van der Waals surface area contributed by atoms with Gasteiger partial charge in [0.25, 0.3) is 0 Å². The molecule has 9 heteroatoms. The van der Waals surface area contributed by atoms with E-state index in [1.807, 2.05) is 49.1 Å². The van der Waals surface area contributed by atoms with Crippen LogP contribution in [0.3, 0.4) is 0 Å². The minimum Gasteiger partial charge on any atom is -0.341 e. The lowest BCUT2D eigenvalue weighted by atomic mass is 9.95. The number of benzene rings is 1. The van der Waals surface area contributed by atoms with Crippen LogP contribution in [-0.2, 0) is 11.2 Å². The van der Waals surface area contributed by atoms with E-state index in [1.54, 1.807) is 4.68 Å². The maximum atomic E-state index is 13.3. The quantitative estimate of drug-likeness (QED) is 0.631. The maximum Gasteiger partial charge on any atom is 0.247 e. The van der Waals surface area contributed by atoms with E-state index in [4.69, 9.17) is 4.52 Å². The first-order valence-corrected chi connectivity index (χ1v) is 10.0. The average Bonchev–Trinajstić information content (AvgIpc) is 3.45. The molecule has 1 amide bonds. The number of aromatic nitrogens is 6. The predicted octanol–water partition coefficient (Wildman–Crippen LogP) is 2.37. The van der Waals surface area contributed by atoms with Crippen LogP contribution in [0.5, 0.6) is 0 Å². The standard InChI is InChI=1S/C20H25N7O2/c1-14(2)18-22-19(29-23-18)16-8-10-26(11-9-16)20(28)17(27-13-21-24-25-27)12-15-6-4-3-5-7-15/h3-7,13-14,16-17H,8-12H2,1-2H3. The van der Waals surface area contributed by atoms with Crippen molar-refractivity contribution in [3.63, 3.8) is 0 Å². The first-order valence-electron chi connectivity index (χ1n) is 10.0. The van der Waals surface area contributed by atoms with Gasteiger partial charge in [0.05, 0.1) is 0 Å². The molecule has 3 aromatic rings. The molecule has 29 heavy (non-hydrogen) atoms. The Kier molecular flexibility index (Phi) is 5.64. The van der Waals surface area contributed by atoms with Crippen molar-refractivity contribution in [1.82, 2.24) is 35.2 Å². The fraction of sp³-hybridized carbons (Fsp3) is 0.500. The number of hydrogen-bond acceptors (Lipinski definition) is 7. The van der Waals surface area contributed by atoms with Crippen molar-refractivity contribution < 1.29 is 9.32 Å². The summed E-state index contributed by atoms with van der Waals surface area (Å²) in [7, 11) is 0. The van der Waals surface area contributed by atoms with Crippen LogP contribution in [0.4, 0.5) is 0 Å². The zero-order valence-corrected chi connectivity index (χ0v) is 16.7. The van der Waals surface area contributed by atoms with Gasteiger partial charge in [-0.3, -0.25) is 4.79 Å². The average molecular weight is 395 g/mol. The SMILES string of the molecule is CC(C)c1noc(C2CCN(C(=O)C(Cc3ccccc3)n3cnnn3)CC2)n1. The number of tetrazole rings is 1. The van der Waals surface area contributed by atoms with Gasteiger partial charge in [0.15, 0.2) is 5.82 Å². The number of nitrogens with zero attached hydrogens (tertiary/aromatic N) is 7. The smallest absolute Gasteiger partial charge is 0.247 e. The van der Waals surface area contributed by atoms with E-state index in [0.29, 0.717) is 25.4 Å². The Balaban J connectivity index is 1.43. The minimum absolute atomic E-state index is 0.0352. The highest BCUT2D eigenvalue weighted by molar-refractivity contribution is 5.80. The van der Waals surface area contributed by atoms with Gasteiger partial charge in [0.1, 0.15) is 12.4 Å². The maximum absolute atomic E-state index is 13.3. The molecule has 0 N–H and O–H groups in total. The number of carbonyl (C=O) groups excluding carboxylic acids is 1. The van der Waals surface area contributed by atoms with Crippen LogP contribution in [0, 0.1) is 0 Å². The van der Waals surface area contributed by atoms with E-state index in [-0.39, 0.29) is 17.7 Å². The van der Waals surface area contributed by atoms with Gasteiger partial charge in [-0.05, 0) is 28.8 Å². The van der Waals surface area contributed by atoms with Crippen LogP contribution in [0.25, 0.3) is 0 Å². The molecule has 0 bridgehead atoms. The summed E-state index contributed by atoms with van der Waals surface area (Å²) < 4.78 is 7.00. The molecule has 4 rings (SSSR count). The van der Waals surface area contributed by atoms with Crippen LogP contribution in [0.15, 0.2) is 41.2 Å². The molecule has 1 fully saturated rings. The molecule has 1 aromatic carbocycles. The Morgan fingerprint density at radius 3 is 2.59 bits per heavy atom. The Hall–Kier alpha value is -3.10. The molecule has 0 aliphatic carbocycles. The highest BCUT2D eigenvalue weighted by Gasteiger charge is 2.32. The van der Waals surface area contributed by atoms with Crippen molar-refractivity contribution in [2.75, 3.05) is 13.1 Å². The molecule has 0 saturated carbocycles. The highest BCUT2D eigenvalue weighted by atomic mass is 16.5. The van der Waals surface area contributed by atoms with Crippen molar-refractivity contribution in [2.45, 2.75) is 51.0 Å². The Bertz CT molecular complexity index is 915. The Labute approximate surface area is 169 Å². The number of piperidine rings is 1. The van der Waals surface area contributed by atoms with E-state index in [2.05, 4.69) is 25.7 Å². The number of rotatable bonds is 6. The second-order valence-corrected chi connectivity index (χ2v) is 7.74. The van der Waals surface area contributed by atoms with Gasteiger partial charge in [0, 0.05) is 31.3 Å². The number of likely N-dealkylation sites (tertiary alicyclic amines) is 1. The van der Waals surface area contributed by atoms with Crippen molar-refractivity contribution in [1.29, 1.82) is 0 Å². The van der Waals surface area contributed by atoms with Crippen LogP contribution in [-0.4, -0.2) is 54.2 Å². The molecule has 0 spiro atoms. The predicted molar refractivity (Wildman–Crippen MR) is 104 cm³/mol. The van der Waals surface area contributed by atoms with E-state index in [1.165, 1.54) is 6.33 Å². The third-order valence-electron chi connectivity index (χ3n) is 5.37. The summed E-state index contributed by atoms with van der Waals surface area (Å²) in [4.78, 5) is 19.7. The lowest BCUT2D eigenvalue weighted by Gasteiger charge is -2.33. The molecular formula is C20H25N7O2. The molecule has 1 aliphatic heterocycles. The first kappa shape index (κ1) is 19.2. The second kappa shape index (κ2) is 8.50. The molecule has 1 saturated heterocycles. The van der Waals surface area contributed by atoms with Crippen LogP contribution in [0.2, 0.25) is 0 Å². The van der Waals surface area contributed by atoms with Gasteiger partial charge in [-0.15, -0.1) is 5.10 Å². The molecule has 1 unspecified atom stereocenters. The van der Waals surface area contributed by atoms with Crippen LogP contribution >= 0.6 is 0 Å². The largest absolute Gasteiger partial charge is 0.341 e. The van der Waals surface area contributed by atoms with Gasteiger partial charge in [-0.2, -0.15) is 4.98 Å². The number of carbonyl (C=O) groups is 1. The third-order valence-corrected chi connectivity index (χ3v) is 5.37. The Morgan fingerprint density at radius 2 is 1.97 bits per heavy atom. The highest BCUT2D eigenvalue weighted by Crippen LogP contribution is 2.29. The summed E-state index contributed by atoms with van der Waals surface area (Å²) in [5.74, 6) is 1.89. The summed E-state index contributed by atoms with van der Waals surface area (Å²) >= 11 is 0. The van der Waals surface area contributed by atoms with Crippen LogP contribution < -0.4 is 0 Å². The molecule has 3 heterocycles. The van der Waals surface area contributed by atoms with Crippen molar-refractivity contribution >= 4 is 5.91 Å². The fourth-order valence-electron chi connectivity index (χ4n) is 3.65. The zero-order chi connectivity index (χ0) is 20.2. The lowest BCUT2D eigenvalue weighted by Crippen LogP contribution is -2.43. The monoisotopic (exact) mass is 395 g/mol. The molecular weight excluding hydrogens is 370 g/mol. The van der Waals surface area contributed by atoms with E-state index >= 15 is 0 Å². The zero-order valence-electron chi connectivity index (χ0n) is 16.7. The summed E-state index contributed by atoms with van der Waals surface area (Å²) in [5.41, 5.74) is 1.07. The number of amides is 1. The van der Waals surface area contributed by atoms with Gasteiger partial charge < -0.3 is 9.42 Å². The van der Waals surface area contributed by atoms with Gasteiger partial charge in [-0.25, -0.2) is 4.68 Å². The molecule has 152 valence electrons.